The Morgan fingerprint density at radius 3 is 2.65 bits per heavy atom. The van der Waals surface area contributed by atoms with Gasteiger partial charge in [0.1, 0.15) is 5.75 Å². The third-order valence-electron chi connectivity index (χ3n) is 5.06. The fourth-order valence-corrected chi connectivity index (χ4v) is 3.00. The van der Waals surface area contributed by atoms with E-state index in [0.717, 1.165) is 41.8 Å². The molecule has 7 nitrogen and oxygen atoms in total. The van der Waals surface area contributed by atoms with Gasteiger partial charge in [0.15, 0.2) is 5.96 Å². The second-order valence-electron chi connectivity index (χ2n) is 7.84. The van der Waals surface area contributed by atoms with Gasteiger partial charge in [-0.1, -0.05) is 18.2 Å². The van der Waals surface area contributed by atoms with Crippen molar-refractivity contribution in [1.29, 1.82) is 0 Å². The zero-order chi connectivity index (χ0) is 21.9. The van der Waals surface area contributed by atoms with Crippen molar-refractivity contribution in [3.05, 3.63) is 53.2 Å². The summed E-state index contributed by atoms with van der Waals surface area (Å²) in [6, 6.07) is 10.2. The molecule has 3 rings (SSSR count). The first-order valence-electron chi connectivity index (χ1n) is 10.9. The predicted molar refractivity (Wildman–Crippen MR) is 123 cm³/mol. The summed E-state index contributed by atoms with van der Waals surface area (Å²) in [5.74, 6) is 3.03. The zero-order valence-electron chi connectivity index (χ0n) is 18.8. The molecule has 0 unspecified atom stereocenters. The van der Waals surface area contributed by atoms with Crippen LogP contribution in [0.4, 0.5) is 0 Å². The number of hydrogen-bond acceptors (Lipinski definition) is 5. The number of aliphatic imine (C=N–C) groups is 1. The molecule has 168 valence electrons. The van der Waals surface area contributed by atoms with Crippen LogP contribution in [0.25, 0.3) is 0 Å². The number of aromatic nitrogens is 1. The van der Waals surface area contributed by atoms with Crippen molar-refractivity contribution < 1.29 is 14.2 Å². The number of methoxy groups -OCH3 is 1. The highest BCUT2D eigenvalue weighted by Crippen LogP contribution is 2.29. The molecule has 0 aliphatic heterocycles. The summed E-state index contributed by atoms with van der Waals surface area (Å²) in [7, 11) is 3.47. The second kappa shape index (κ2) is 12.2. The molecule has 1 aromatic carbocycles. The summed E-state index contributed by atoms with van der Waals surface area (Å²) in [5.41, 5.74) is 3.33. The molecule has 0 atom stereocenters. The average Bonchev–Trinajstić information content (AvgIpc) is 3.62. The molecule has 0 saturated heterocycles. The molecule has 0 spiro atoms. The Labute approximate surface area is 185 Å². The lowest BCUT2D eigenvalue weighted by atomic mass is 10.1. The van der Waals surface area contributed by atoms with E-state index in [2.05, 4.69) is 45.7 Å². The molecule has 0 amide bonds. The number of nitrogens with one attached hydrogen (secondary N) is 2. The fourth-order valence-electron chi connectivity index (χ4n) is 3.00. The van der Waals surface area contributed by atoms with Gasteiger partial charge in [-0.15, -0.1) is 0 Å². The van der Waals surface area contributed by atoms with Crippen molar-refractivity contribution in [2.45, 2.75) is 39.3 Å². The second-order valence-corrected chi connectivity index (χ2v) is 7.84. The largest absolute Gasteiger partial charge is 0.493 e. The highest BCUT2D eigenvalue weighted by atomic mass is 16.5. The van der Waals surface area contributed by atoms with Gasteiger partial charge >= 0.3 is 0 Å². The van der Waals surface area contributed by atoms with Crippen LogP contribution in [0, 0.1) is 12.8 Å². The van der Waals surface area contributed by atoms with E-state index in [4.69, 9.17) is 14.2 Å². The molecule has 1 fully saturated rings. The Hall–Kier alpha value is -2.80. The Morgan fingerprint density at radius 1 is 1.10 bits per heavy atom. The van der Waals surface area contributed by atoms with Crippen LogP contribution in [0.1, 0.15) is 36.0 Å². The Bertz CT molecular complexity index is 835. The van der Waals surface area contributed by atoms with E-state index in [1.54, 1.807) is 14.2 Å². The lowest BCUT2D eigenvalue weighted by molar-refractivity contribution is 0.171. The standard InChI is InChI=1S/C24H34N4O3/c1-18-5-9-21(22(13-18)30-12-4-11-29-3)16-28-24(25-2)27-15-20-8-10-23(26-14-20)31-17-19-6-7-19/h5,8-10,13-14,19H,4,6-7,11-12,15-17H2,1-3H3,(H2,25,27,28). The predicted octanol–water partition coefficient (Wildman–Crippen LogP) is 3.46. The number of pyridine rings is 1. The lowest BCUT2D eigenvalue weighted by Crippen LogP contribution is -2.36. The number of ether oxygens (including phenoxy) is 3. The summed E-state index contributed by atoms with van der Waals surface area (Å²) in [6.07, 6.45) is 5.25. The van der Waals surface area contributed by atoms with Crippen molar-refractivity contribution in [2.75, 3.05) is 34.0 Å². The summed E-state index contributed by atoms with van der Waals surface area (Å²) in [4.78, 5) is 8.71. The maximum Gasteiger partial charge on any atom is 0.213 e. The minimum atomic E-state index is 0.617. The summed E-state index contributed by atoms with van der Waals surface area (Å²) >= 11 is 0. The number of nitrogens with zero attached hydrogens (tertiary/aromatic N) is 2. The first kappa shape index (κ1) is 22.9. The van der Waals surface area contributed by atoms with Crippen LogP contribution in [0.3, 0.4) is 0 Å². The Kier molecular flexibility index (Phi) is 8.97. The van der Waals surface area contributed by atoms with E-state index in [-0.39, 0.29) is 0 Å². The first-order chi connectivity index (χ1) is 15.2. The fraction of sp³-hybridized carbons (Fsp3) is 0.500. The highest BCUT2D eigenvalue weighted by molar-refractivity contribution is 5.79. The molecular weight excluding hydrogens is 392 g/mol. The number of aryl methyl sites for hydroxylation is 1. The number of hydrogen-bond donors (Lipinski definition) is 2. The normalized spacial score (nSPS) is 13.7. The average molecular weight is 427 g/mol. The molecule has 2 aromatic rings. The SMILES string of the molecule is CN=C(NCc1ccc(OCC2CC2)nc1)NCc1ccc(C)cc1OCCCOC. The summed E-state index contributed by atoms with van der Waals surface area (Å²) in [6.45, 7) is 5.41. The van der Waals surface area contributed by atoms with Gasteiger partial charge in [-0.3, -0.25) is 4.99 Å². The topological polar surface area (TPSA) is 77.0 Å². The number of benzene rings is 1. The maximum atomic E-state index is 5.96. The van der Waals surface area contributed by atoms with Gasteiger partial charge in [-0.2, -0.15) is 0 Å². The summed E-state index contributed by atoms with van der Waals surface area (Å²) < 4.78 is 16.8. The van der Waals surface area contributed by atoms with E-state index in [1.807, 2.05) is 18.3 Å². The van der Waals surface area contributed by atoms with E-state index < -0.39 is 0 Å². The minimum absolute atomic E-state index is 0.617. The third kappa shape index (κ3) is 8.09. The van der Waals surface area contributed by atoms with Gasteiger partial charge in [0, 0.05) is 58.1 Å². The van der Waals surface area contributed by atoms with Crippen molar-refractivity contribution in [3.8, 4) is 11.6 Å². The maximum absolute atomic E-state index is 5.96. The van der Waals surface area contributed by atoms with Crippen molar-refractivity contribution in [3.63, 3.8) is 0 Å². The van der Waals surface area contributed by atoms with Crippen molar-refractivity contribution in [2.24, 2.45) is 10.9 Å². The molecule has 0 radical (unpaired) electrons. The van der Waals surface area contributed by atoms with Gasteiger partial charge in [-0.25, -0.2) is 4.98 Å². The molecule has 2 N–H and O–H groups in total. The van der Waals surface area contributed by atoms with E-state index in [1.165, 1.54) is 18.4 Å². The van der Waals surface area contributed by atoms with Gasteiger partial charge < -0.3 is 24.8 Å². The minimum Gasteiger partial charge on any atom is -0.493 e. The molecule has 1 saturated carbocycles. The van der Waals surface area contributed by atoms with Gasteiger partial charge in [0.05, 0.1) is 13.2 Å². The molecule has 7 heteroatoms. The third-order valence-corrected chi connectivity index (χ3v) is 5.06. The van der Waals surface area contributed by atoms with Crippen LogP contribution in [-0.4, -0.2) is 44.9 Å². The molecule has 1 aliphatic rings. The molecule has 1 heterocycles. The van der Waals surface area contributed by atoms with Gasteiger partial charge in [0.2, 0.25) is 5.88 Å². The molecule has 31 heavy (non-hydrogen) atoms. The van der Waals surface area contributed by atoms with E-state index in [0.29, 0.717) is 32.2 Å². The van der Waals surface area contributed by atoms with Crippen molar-refractivity contribution >= 4 is 5.96 Å². The van der Waals surface area contributed by atoms with Crippen LogP contribution >= 0.6 is 0 Å². The molecular formula is C24H34N4O3. The lowest BCUT2D eigenvalue weighted by Gasteiger charge is -2.15. The van der Waals surface area contributed by atoms with Crippen LogP contribution in [0.5, 0.6) is 11.6 Å². The molecule has 0 bridgehead atoms. The first-order valence-corrected chi connectivity index (χ1v) is 10.9. The van der Waals surface area contributed by atoms with Crippen LogP contribution in [-0.2, 0) is 17.8 Å². The Balaban J connectivity index is 1.46. The summed E-state index contributed by atoms with van der Waals surface area (Å²) in [5, 5.41) is 6.68. The van der Waals surface area contributed by atoms with Gasteiger partial charge in [-0.05, 0) is 42.9 Å². The quantitative estimate of drug-likeness (QED) is 0.308. The zero-order valence-corrected chi connectivity index (χ0v) is 18.8. The number of rotatable bonds is 12. The highest BCUT2D eigenvalue weighted by Gasteiger charge is 2.22. The monoisotopic (exact) mass is 426 g/mol. The van der Waals surface area contributed by atoms with Crippen LogP contribution < -0.4 is 20.1 Å². The van der Waals surface area contributed by atoms with Crippen molar-refractivity contribution in [1.82, 2.24) is 15.6 Å². The smallest absolute Gasteiger partial charge is 0.213 e. The molecule has 1 aromatic heterocycles. The van der Waals surface area contributed by atoms with E-state index in [9.17, 15) is 0 Å². The Morgan fingerprint density at radius 2 is 1.94 bits per heavy atom. The van der Waals surface area contributed by atoms with Crippen LogP contribution in [0.15, 0.2) is 41.5 Å². The van der Waals surface area contributed by atoms with E-state index >= 15 is 0 Å². The number of guanidine groups is 1. The molecule has 1 aliphatic carbocycles. The van der Waals surface area contributed by atoms with Crippen LogP contribution in [0.2, 0.25) is 0 Å². The van der Waals surface area contributed by atoms with Gasteiger partial charge in [0.25, 0.3) is 0 Å².